The highest BCUT2D eigenvalue weighted by molar-refractivity contribution is 6.51. The molecular formula is C26H25NO4. The molecule has 1 aliphatic rings. The summed E-state index contributed by atoms with van der Waals surface area (Å²) in [4.78, 5) is 27.9. The summed E-state index contributed by atoms with van der Waals surface area (Å²) >= 11 is 0. The monoisotopic (exact) mass is 415 g/mol. The average molecular weight is 415 g/mol. The third kappa shape index (κ3) is 3.36. The van der Waals surface area contributed by atoms with Crippen molar-refractivity contribution in [2.24, 2.45) is 0 Å². The van der Waals surface area contributed by atoms with Gasteiger partial charge in [-0.3, -0.25) is 14.5 Å². The fourth-order valence-corrected chi connectivity index (χ4v) is 4.08. The molecule has 0 spiro atoms. The molecule has 31 heavy (non-hydrogen) atoms. The van der Waals surface area contributed by atoms with E-state index in [9.17, 15) is 14.7 Å². The Morgan fingerprint density at radius 2 is 1.68 bits per heavy atom. The first-order valence-electron chi connectivity index (χ1n) is 10.2. The molecule has 0 aliphatic carbocycles. The van der Waals surface area contributed by atoms with Crippen molar-refractivity contribution in [3.05, 3.63) is 93.4 Å². The average Bonchev–Trinajstić information content (AvgIpc) is 3.27. The van der Waals surface area contributed by atoms with Crippen LogP contribution in [0.1, 0.15) is 45.4 Å². The second kappa shape index (κ2) is 7.58. The summed E-state index contributed by atoms with van der Waals surface area (Å²) in [5, 5.41) is 11.3. The van der Waals surface area contributed by atoms with Gasteiger partial charge in [-0.1, -0.05) is 29.8 Å². The van der Waals surface area contributed by atoms with E-state index in [-0.39, 0.29) is 11.3 Å². The van der Waals surface area contributed by atoms with Crippen LogP contribution in [0.4, 0.5) is 5.69 Å². The molecule has 2 aromatic carbocycles. The molecule has 0 saturated carbocycles. The van der Waals surface area contributed by atoms with Crippen molar-refractivity contribution in [1.82, 2.24) is 0 Å². The van der Waals surface area contributed by atoms with Gasteiger partial charge in [0.2, 0.25) is 0 Å². The molecule has 3 aromatic rings. The molecule has 0 radical (unpaired) electrons. The van der Waals surface area contributed by atoms with Crippen LogP contribution in [-0.2, 0) is 9.59 Å². The molecular weight excluding hydrogens is 390 g/mol. The highest BCUT2D eigenvalue weighted by Crippen LogP contribution is 2.44. The van der Waals surface area contributed by atoms with Crippen LogP contribution < -0.4 is 4.90 Å². The third-order valence-electron chi connectivity index (χ3n) is 5.96. The highest BCUT2D eigenvalue weighted by Gasteiger charge is 2.49. The van der Waals surface area contributed by atoms with Gasteiger partial charge in [-0.15, -0.1) is 0 Å². The number of rotatable bonds is 3. The lowest BCUT2D eigenvalue weighted by molar-refractivity contribution is -0.132. The number of Topliss-reactive ketones (excluding diaryl/α,β-unsaturated/α-hetero) is 1. The first-order valence-corrected chi connectivity index (χ1v) is 10.2. The number of carbonyl (C=O) groups excluding carboxylic acids is 2. The quantitative estimate of drug-likeness (QED) is 0.351. The SMILES string of the molecule is Cc1ccc(C)c(/C(O)=C2/C(=O)C(=O)N(c3cccc(C)c3C)C2c2ccc(C)o2)c1. The van der Waals surface area contributed by atoms with Crippen LogP contribution in [0.15, 0.2) is 58.5 Å². The molecule has 0 bridgehead atoms. The van der Waals surface area contributed by atoms with Gasteiger partial charge in [-0.05, 0) is 75.6 Å². The van der Waals surface area contributed by atoms with E-state index in [1.165, 1.54) is 4.90 Å². The molecule has 1 saturated heterocycles. The zero-order chi connectivity index (χ0) is 22.4. The highest BCUT2D eigenvalue weighted by atomic mass is 16.3. The van der Waals surface area contributed by atoms with Crippen molar-refractivity contribution in [2.45, 2.75) is 40.7 Å². The van der Waals surface area contributed by atoms with Crippen LogP contribution in [0.2, 0.25) is 0 Å². The summed E-state index contributed by atoms with van der Waals surface area (Å²) in [5.41, 5.74) is 4.85. The lowest BCUT2D eigenvalue weighted by atomic mass is 9.95. The molecule has 5 heteroatoms. The van der Waals surface area contributed by atoms with E-state index in [2.05, 4.69) is 0 Å². The Hall–Kier alpha value is -3.60. The Labute approximate surface area is 181 Å². The number of benzene rings is 2. The fraction of sp³-hybridized carbons (Fsp3) is 0.231. The normalized spacial score (nSPS) is 18.1. The number of aliphatic hydroxyl groups is 1. The molecule has 1 aliphatic heterocycles. The molecule has 1 unspecified atom stereocenters. The van der Waals surface area contributed by atoms with E-state index >= 15 is 0 Å². The standard InChI is InChI=1S/C26H25NO4/c1-14-9-10-16(3)19(13-14)24(28)22-23(21-12-11-17(4)31-21)27(26(30)25(22)29)20-8-6-7-15(2)18(20)5/h6-13,23,28H,1-5H3/b24-22-. The molecule has 158 valence electrons. The van der Waals surface area contributed by atoms with Gasteiger partial charge >= 0.3 is 0 Å². The minimum Gasteiger partial charge on any atom is -0.507 e. The van der Waals surface area contributed by atoms with Crippen molar-refractivity contribution in [3.63, 3.8) is 0 Å². The number of anilines is 1. The number of furan rings is 1. The lowest BCUT2D eigenvalue weighted by Gasteiger charge is -2.25. The number of hydrogen-bond acceptors (Lipinski definition) is 4. The maximum Gasteiger partial charge on any atom is 0.300 e. The number of ketones is 1. The van der Waals surface area contributed by atoms with Crippen LogP contribution >= 0.6 is 0 Å². The molecule has 1 atom stereocenters. The number of amides is 1. The van der Waals surface area contributed by atoms with E-state index in [0.717, 1.165) is 22.3 Å². The molecule has 4 rings (SSSR count). The van der Waals surface area contributed by atoms with Crippen LogP contribution in [0.5, 0.6) is 0 Å². The van der Waals surface area contributed by atoms with Gasteiger partial charge in [0.05, 0.1) is 5.57 Å². The Bertz CT molecular complexity index is 1250. The summed E-state index contributed by atoms with van der Waals surface area (Å²) in [6.07, 6.45) is 0. The Kier molecular flexibility index (Phi) is 5.05. The van der Waals surface area contributed by atoms with Gasteiger partial charge < -0.3 is 9.52 Å². The van der Waals surface area contributed by atoms with Crippen molar-refractivity contribution in [3.8, 4) is 0 Å². The fourth-order valence-electron chi connectivity index (χ4n) is 4.08. The first kappa shape index (κ1) is 20.7. The van der Waals surface area contributed by atoms with Gasteiger partial charge in [0, 0.05) is 11.3 Å². The number of aryl methyl sites for hydroxylation is 4. The predicted molar refractivity (Wildman–Crippen MR) is 120 cm³/mol. The predicted octanol–water partition coefficient (Wildman–Crippen LogP) is 5.45. The molecule has 5 nitrogen and oxygen atoms in total. The Morgan fingerprint density at radius 3 is 2.35 bits per heavy atom. The van der Waals surface area contributed by atoms with E-state index in [4.69, 9.17) is 4.42 Å². The lowest BCUT2D eigenvalue weighted by Crippen LogP contribution is -2.30. The van der Waals surface area contributed by atoms with E-state index < -0.39 is 17.7 Å². The van der Waals surface area contributed by atoms with Gasteiger partial charge in [0.15, 0.2) is 0 Å². The number of aliphatic hydroxyl groups excluding tert-OH is 1. The van der Waals surface area contributed by atoms with Crippen molar-refractivity contribution < 1.29 is 19.1 Å². The summed E-state index contributed by atoms with van der Waals surface area (Å²) in [6, 6.07) is 14.0. The summed E-state index contributed by atoms with van der Waals surface area (Å²) in [6.45, 7) is 9.45. The summed E-state index contributed by atoms with van der Waals surface area (Å²) in [5.74, 6) is -0.498. The van der Waals surface area contributed by atoms with E-state index in [1.54, 1.807) is 19.1 Å². The molecule has 2 heterocycles. The molecule has 1 fully saturated rings. The van der Waals surface area contributed by atoms with Gasteiger partial charge in [-0.2, -0.15) is 0 Å². The number of nitrogens with zero attached hydrogens (tertiary/aromatic N) is 1. The topological polar surface area (TPSA) is 70.8 Å². The van der Waals surface area contributed by atoms with Crippen molar-refractivity contribution >= 4 is 23.1 Å². The summed E-state index contributed by atoms with van der Waals surface area (Å²) < 4.78 is 5.86. The summed E-state index contributed by atoms with van der Waals surface area (Å²) in [7, 11) is 0. The second-order valence-corrected chi connectivity index (χ2v) is 8.15. The maximum atomic E-state index is 13.2. The van der Waals surface area contributed by atoms with Crippen LogP contribution in [-0.4, -0.2) is 16.8 Å². The first-order chi connectivity index (χ1) is 14.7. The molecule has 1 N–H and O–H groups in total. The second-order valence-electron chi connectivity index (χ2n) is 8.15. The van der Waals surface area contributed by atoms with E-state index in [1.807, 2.05) is 64.1 Å². The Balaban J connectivity index is 2.01. The van der Waals surface area contributed by atoms with Crippen LogP contribution in [0.3, 0.4) is 0 Å². The zero-order valence-corrected chi connectivity index (χ0v) is 18.3. The van der Waals surface area contributed by atoms with Gasteiger partial charge in [-0.25, -0.2) is 0 Å². The van der Waals surface area contributed by atoms with E-state index in [0.29, 0.717) is 22.8 Å². The van der Waals surface area contributed by atoms with Gasteiger partial charge in [0.25, 0.3) is 11.7 Å². The molecule has 1 amide bonds. The number of carbonyl (C=O) groups is 2. The molecule has 1 aromatic heterocycles. The smallest absolute Gasteiger partial charge is 0.300 e. The van der Waals surface area contributed by atoms with Crippen molar-refractivity contribution in [2.75, 3.05) is 4.90 Å². The third-order valence-corrected chi connectivity index (χ3v) is 5.96. The van der Waals surface area contributed by atoms with Crippen LogP contribution in [0, 0.1) is 34.6 Å². The van der Waals surface area contributed by atoms with Crippen LogP contribution in [0.25, 0.3) is 5.76 Å². The van der Waals surface area contributed by atoms with Crippen molar-refractivity contribution in [1.29, 1.82) is 0 Å². The maximum absolute atomic E-state index is 13.2. The minimum atomic E-state index is -0.853. The minimum absolute atomic E-state index is 0.0361. The number of hydrogen-bond donors (Lipinski definition) is 1. The zero-order valence-electron chi connectivity index (χ0n) is 18.3. The van der Waals surface area contributed by atoms with Gasteiger partial charge in [0.1, 0.15) is 23.3 Å². The Morgan fingerprint density at radius 1 is 0.935 bits per heavy atom. The largest absolute Gasteiger partial charge is 0.507 e.